The van der Waals surface area contributed by atoms with E-state index in [9.17, 15) is 9.90 Å². The van der Waals surface area contributed by atoms with E-state index < -0.39 is 5.97 Å². The molecule has 2 aromatic rings. The first-order chi connectivity index (χ1) is 11.5. The fourth-order valence-corrected chi connectivity index (χ4v) is 3.32. The minimum Gasteiger partial charge on any atom is -0.476 e. The molecule has 1 atom stereocenters. The van der Waals surface area contributed by atoms with Crippen LogP contribution in [0, 0.1) is 0 Å². The number of carboxylic acid groups (broad SMARTS) is 1. The standard InChI is InChI=1S/C16H23N5O3/c1-4-13-17-18-14(24-13)9-20(3)10-6-7-12-11(8-10)15(16(22)23)19-21(12)5-2/h10H,4-9H2,1-3H3,(H,22,23). The summed E-state index contributed by atoms with van der Waals surface area (Å²) in [5.74, 6) is 0.288. The van der Waals surface area contributed by atoms with Gasteiger partial charge in [-0.1, -0.05) is 6.92 Å². The zero-order chi connectivity index (χ0) is 17.3. The van der Waals surface area contributed by atoms with Crippen molar-refractivity contribution in [1.29, 1.82) is 0 Å². The fourth-order valence-electron chi connectivity index (χ4n) is 3.32. The third-order valence-corrected chi connectivity index (χ3v) is 4.64. The topological polar surface area (TPSA) is 97.3 Å². The SMILES string of the molecule is CCc1nnc(CN(C)C2CCc3c(c(C(=O)O)nn3CC)C2)o1. The molecule has 130 valence electrons. The van der Waals surface area contributed by atoms with Crippen LogP contribution in [0.15, 0.2) is 4.42 Å². The number of hydrogen-bond acceptors (Lipinski definition) is 6. The molecule has 1 unspecified atom stereocenters. The lowest BCUT2D eigenvalue weighted by Gasteiger charge is -2.30. The van der Waals surface area contributed by atoms with E-state index in [-0.39, 0.29) is 11.7 Å². The molecular formula is C16H23N5O3. The number of aromatic nitrogens is 4. The summed E-state index contributed by atoms with van der Waals surface area (Å²) in [6.45, 7) is 5.22. The number of carbonyl (C=O) groups is 1. The smallest absolute Gasteiger partial charge is 0.356 e. The van der Waals surface area contributed by atoms with E-state index in [1.165, 1.54) is 0 Å². The maximum absolute atomic E-state index is 11.5. The predicted molar refractivity (Wildman–Crippen MR) is 85.8 cm³/mol. The minimum atomic E-state index is -0.953. The molecule has 2 heterocycles. The third kappa shape index (κ3) is 3.06. The second-order valence-corrected chi connectivity index (χ2v) is 6.15. The van der Waals surface area contributed by atoms with Crippen molar-refractivity contribution in [2.24, 2.45) is 0 Å². The van der Waals surface area contributed by atoms with Crippen LogP contribution in [0.3, 0.4) is 0 Å². The van der Waals surface area contributed by atoms with Crippen LogP contribution in [0.25, 0.3) is 0 Å². The number of nitrogens with zero attached hydrogens (tertiary/aromatic N) is 5. The van der Waals surface area contributed by atoms with Gasteiger partial charge in [-0.3, -0.25) is 9.58 Å². The first kappa shape index (κ1) is 16.6. The van der Waals surface area contributed by atoms with E-state index in [1.54, 1.807) is 0 Å². The molecule has 1 aliphatic rings. The van der Waals surface area contributed by atoms with Gasteiger partial charge in [0.05, 0.1) is 6.54 Å². The van der Waals surface area contributed by atoms with Crippen molar-refractivity contribution in [1.82, 2.24) is 24.9 Å². The van der Waals surface area contributed by atoms with Gasteiger partial charge in [0.25, 0.3) is 0 Å². The van der Waals surface area contributed by atoms with Crippen molar-refractivity contribution in [2.45, 2.75) is 58.7 Å². The van der Waals surface area contributed by atoms with Crippen LogP contribution in [0.5, 0.6) is 0 Å². The Balaban J connectivity index is 1.76. The van der Waals surface area contributed by atoms with Crippen LogP contribution in [0.2, 0.25) is 0 Å². The van der Waals surface area contributed by atoms with Crippen LogP contribution in [-0.2, 0) is 32.4 Å². The lowest BCUT2D eigenvalue weighted by atomic mass is 9.90. The van der Waals surface area contributed by atoms with Crippen LogP contribution < -0.4 is 0 Å². The van der Waals surface area contributed by atoms with Gasteiger partial charge in [0.2, 0.25) is 11.8 Å². The van der Waals surface area contributed by atoms with Crippen molar-refractivity contribution in [3.8, 4) is 0 Å². The van der Waals surface area contributed by atoms with E-state index >= 15 is 0 Å². The van der Waals surface area contributed by atoms with Crippen molar-refractivity contribution in [3.63, 3.8) is 0 Å². The molecule has 8 nitrogen and oxygen atoms in total. The van der Waals surface area contributed by atoms with Crippen molar-refractivity contribution < 1.29 is 14.3 Å². The molecule has 24 heavy (non-hydrogen) atoms. The first-order valence-corrected chi connectivity index (χ1v) is 8.36. The van der Waals surface area contributed by atoms with Crippen LogP contribution in [0.4, 0.5) is 0 Å². The summed E-state index contributed by atoms with van der Waals surface area (Å²) in [4.78, 5) is 13.6. The Morgan fingerprint density at radius 2 is 2.12 bits per heavy atom. The number of carboxylic acids is 1. The Kier molecular flexibility index (Phi) is 4.66. The van der Waals surface area contributed by atoms with Crippen LogP contribution in [-0.4, -0.2) is 49.0 Å². The second-order valence-electron chi connectivity index (χ2n) is 6.15. The van der Waals surface area contributed by atoms with Gasteiger partial charge in [0.15, 0.2) is 5.69 Å². The predicted octanol–water partition coefficient (Wildman–Crippen LogP) is 1.54. The van der Waals surface area contributed by atoms with Gasteiger partial charge in [0.1, 0.15) is 0 Å². The normalized spacial score (nSPS) is 17.2. The van der Waals surface area contributed by atoms with E-state index in [0.717, 1.165) is 30.5 Å². The summed E-state index contributed by atoms with van der Waals surface area (Å²) >= 11 is 0. The molecule has 0 spiro atoms. The molecule has 1 aliphatic carbocycles. The summed E-state index contributed by atoms with van der Waals surface area (Å²) in [7, 11) is 2.01. The van der Waals surface area contributed by atoms with Crippen molar-refractivity contribution in [2.75, 3.05) is 7.05 Å². The molecular weight excluding hydrogens is 310 g/mol. The molecule has 0 bridgehead atoms. The minimum absolute atomic E-state index is 0.191. The quantitative estimate of drug-likeness (QED) is 0.856. The maximum atomic E-state index is 11.5. The van der Waals surface area contributed by atoms with E-state index in [1.807, 2.05) is 25.6 Å². The highest BCUT2D eigenvalue weighted by Crippen LogP contribution is 2.27. The highest BCUT2D eigenvalue weighted by Gasteiger charge is 2.30. The number of fused-ring (bicyclic) bond motifs is 1. The number of aryl methyl sites for hydroxylation is 2. The number of rotatable bonds is 6. The van der Waals surface area contributed by atoms with E-state index in [0.29, 0.717) is 31.3 Å². The molecule has 0 fully saturated rings. The molecule has 0 amide bonds. The second kappa shape index (κ2) is 6.72. The Bertz CT molecular complexity index is 736. The van der Waals surface area contributed by atoms with Gasteiger partial charge in [-0.2, -0.15) is 5.10 Å². The summed E-state index contributed by atoms with van der Waals surface area (Å²) < 4.78 is 7.39. The van der Waals surface area contributed by atoms with Gasteiger partial charge in [0, 0.05) is 30.3 Å². The van der Waals surface area contributed by atoms with Crippen molar-refractivity contribution in [3.05, 3.63) is 28.7 Å². The average Bonchev–Trinajstić information content (AvgIpc) is 3.17. The lowest BCUT2D eigenvalue weighted by Crippen LogP contribution is -2.36. The Hall–Kier alpha value is -2.22. The van der Waals surface area contributed by atoms with E-state index in [4.69, 9.17) is 4.42 Å². The molecule has 0 saturated carbocycles. The Morgan fingerprint density at radius 3 is 2.75 bits per heavy atom. The summed E-state index contributed by atoms with van der Waals surface area (Å²) in [6, 6.07) is 0.238. The van der Waals surface area contributed by atoms with Gasteiger partial charge in [-0.25, -0.2) is 4.79 Å². The summed E-state index contributed by atoms with van der Waals surface area (Å²) in [5, 5.41) is 21.7. The molecule has 8 heteroatoms. The highest BCUT2D eigenvalue weighted by molar-refractivity contribution is 5.87. The molecule has 3 rings (SSSR count). The van der Waals surface area contributed by atoms with Crippen molar-refractivity contribution >= 4 is 5.97 Å². The first-order valence-electron chi connectivity index (χ1n) is 8.36. The molecule has 0 radical (unpaired) electrons. The van der Waals surface area contributed by atoms with Gasteiger partial charge < -0.3 is 9.52 Å². The average molecular weight is 333 g/mol. The molecule has 0 aromatic carbocycles. The zero-order valence-corrected chi connectivity index (χ0v) is 14.3. The van der Waals surface area contributed by atoms with E-state index in [2.05, 4.69) is 20.2 Å². The summed E-state index contributed by atoms with van der Waals surface area (Å²) in [6.07, 6.45) is 3.20. The number of likely N-dealkylation sites (N-methyl/N-ethyl adjacent to an activating group) is 1. The van der Waals surface area contributed by atoms with Crippen LogP contribution >= 0.6 is 0 Å². The number of hydrogen-bond donors (Lipinski definition) is 1. The maximum Gasteiger partial charge on any atom is 0.356 e. The molecule has 0 aliphatic heterocycles. The molecule has 2 aromatic heterocycles. The van der Waals surface area contributed by atoms with Gasteiger partial charge >= 0.3 is 5.97 Å². The Labute approximate surface area is 140 Å². The zero-order valence-electron chi connectivity index (χ0n) is 14.3. The summed E-state index contributed by atoms with van der Waals surface area (Å²) in [5.41, 5.74) is 2.12. The number of aromatic carboxylic acids is 1. The lowest BCUT2D eigenvalue weighted by molar-refractivity contribution is 0.0687. The molecule has 0 saturated heterocycles. The largest absolute Gasteiger partial charge is 0.476 e. The van der Waals surface area contributed by atoms with Crippen LogP contribution in [0.1, 0.15) is 53.8 Å². The monoisotopic (exact) mass is 333 g/mol. The molecule has 1 N–H and O–H groups in total. The van der Waals surface area contributed by atoms with Gasteiger partial charge in [-0.05, 0) is 33.2 Å². The highest BCUT2D eigenvalue weighted by atomic mass is 16.4. The fraction of sp³-hybridized carbons (Fsp3) is 0.625. The third-order valence-electron chi connectivity index (χ3n) is 4.64. The van der Waals surface area contributed by atoms with Gasteiger partial charge in [-0.15, -0.1) is 10.2 Å². The Morgan fingerprint density at radius 1 is 1.38 bits per heavy atom.